The van der Waals surface area contributed by atoms with E-state index in [2.05, 4.69) is 24.3 Å². The molecule has 0 aliphatic carbocycles. The molecule has 3 heterocycles. The van der Waals surface area contributed by atoms with Gasteiger partial charge < -0.3 is 4.90 Å². The van der Waals surface area contributed by atoms with E-state index in [0.29, 0.717) is 5.56 Å². The number of Topliss-reactive ketones (excluding diaryl/α,β-unsaturated/α-hetero) is 1. The Bertz CT molecular complexity index is 1510. The standard InChI is InChI=1S/C29H19N3OS/c30-17-29(18-31)25-15-13-22-21-10-5-4-7-19(21)12-14-23(22)32(25)27(26(29)24-11-6-16-34-24)28(33)20-8-2-1-3-9-20/h1-16,25-27H/t25-,26+,27-/m0/s1. The number of carbonyl (C=O) groups is 1. The number of hydrogen-bond acceptors (Lipinski definition) is 5. The van der Waals surface area contributed by atoms with E-state index < -0.39 is 23.4 Å². The lowest BCUT2D eigenvalue weighted by molar-refractivity contribution is 0.0951. The molecule has 0 N–H and O–H groups in total. The molecule has 4 aromatic rings. The van der Waals surface area contributed by atoms with Crippen molar-refractivity contribution in [3.05, 3.63) is 106 Å². The van der Waals surface area contributed by atoms with Gasteiger partial charge in [0.25, 0.3) is 0 Å². The first-order valence-corrected chi connectivity index (χ1v) is 12.0. The van der Waals surface area contributed by atoms with Crippen LogP contribution in [0, 0.1) is 28.1 Å². The van der Waals surface area contributed by atoms with Gasteiger partial charge in [0.1, 0.15) is 6.04 Å². The van der Waals surface area contributed by atoms with Crippen molar-refractivity contribution in [1.82, 2.24) is 0 Å². The van der Waals surface area contributed by atoms with Crippen LogP contribution in [0.4, 0.5) is 5.69 Å². The molecule has 0 radical (unpaired) electrons. The fourth-order valence-electron chi connectivity index (χ4n) is 5.60. The van der Waals surface area contributed by atoms with Crippen molar-refractivity contribution in [2.75, 3.05) is 4.90 Å². The van der Waals surface area contributed by atoms with E-state index in [1.165, 1.54) is 11.3 Å². The second-order valence-electron chi connectivity index (χ2n) is 8.69. The largest absolute Gasteiger partial charge is 0.351 e. The first-order valence-electron chi connectivity index (χ1n) is 11.1. The third-order valence-electron chi connectivity index (χ3n) is 7.09. The molecule has 0 spiro atoms. The van der Waals surface area contributed by atoms with Gasteiger partial charge in [0.2, 0.25) is 0 Å². The fraction of sp³-hybridized carbons (Fsp3) is 0.138. The van der Waals surface area contributed by atoms with Crippen LogP contribution in [-0.4, -0.2) is 17.9 Å². The lowest BCUT2D eigenvalue weighted by Gasteiger charge is -2.36. The minimum absolute atomic E-state index is 0.0780. The van der Waals surface area contributed by atoms with Crippen molar-refractivity contribution in [2.45, 2.75) is 18.0 Å². The van der Waals surface area contributed by atoms with Crippen LogP contribution in [0.1, 0.15) is 26.7 Å². The molecule has 2 aliphatic heterocycles. The van der Waals surface area contributed by atoms with Crippen LogP contribution >= 0.6 is 11.3 Å². The van der Waals surface area contributed by atoms with E-state index in [1.807, 2.05) is 89.2 Å². The Morgan fingerprint density at radius 1 is 0.912 bits per heavy atom. The lowest BCUT2D eigenvalue weighted by atomic mass is 9.71. The predicted octanol–water partition coefficient (Wildman–Crippen LogP) is 6.19. The molecule has 2 aliphatic rings. The third kappa shape index (κ3) is 2.71. The number of nitrogens with zero attached hydrogens (tertiary/aromatic N) is 3. The Balaban J connectivity index is 1.64. The number of carbonyl (C=O) groups excluding carboxylic acids is 1. The van der Waals surface area contributed by atoms with Crippen molar-refractivity contribution >= 4 is 39.7 Å². The third-order valence-corrected chi connectivity index (χ3v) is 8.05. The van der Waals surface area contributed by atoms with Crippen LogP contribution in [-0.2, 0) is 0 Å². The highest BCUT2D eigenvalue weighted by molar-refractivity contribution is 7.10. The summed E-state index contributed by atoms with van der Waals surface area (Å²) in [5.74, 6) is -0.659. The van der Waals surface area contributed by atoms with E-state index in [-0.39, 0.29) is 5.78 Å². The molecular weight excluding hydrogens is 438 g/mol. The molecule has 1 saturated heterocycles. The summed E-state index contributed by atoms with van der Waals surface area (Å²) in [6.07, 6.45) is 3.96. The van der Waals surface area contributed by atoms with E-state index in [4.69, 9.17) is 0 Å². The van der Waals surface area contributed by atoms with Gasteiger partial charge in [-0.3, -0.25) is 4.79 Å². The molecule has 4 nitrogen and oxygen atoms in total. The van der Waals surface area contributed by atoms with Crippen LogP contribution in [0.5, 0.6) is 0 Å². The molecule has 0 unspecified atom stereocenters. The Morgan fingerprint density at radius 3 is 2.41 bits per heavy atom. The summed E-state index contributed by atoms with van der Waals surface area (Å²) in [4.78, 5) is 17.0. The summed E-state index contributed by atoms with van der Waals surface area (Å²) in [5.41, 5.74) is 1.07. The van der Waals surface area contributed by atoms with Crippen molar-refractivity contribution in [3.8, 4) is 12.1 Å². The van der Waals surface area contributed by atoms with E-state index >= 15 is 0 Å². The monoisotopic (exact) mass is 457 g/mol. The molecule has 5 heteroatoms. The topological polar surface area (TPSA) is 67.9 Å². The number of thiophene rings is 1. The van der Waals surface area contributed by atoms with Gasteiger partial charge >= 0.3 is 0 Å². The van der Waals surface area contributed by atoms with Gasteiger partial charge in [-0.25, -0.2) is 0 Å². The number of ketones is 1. The first-order chi connectivity index (χ1) is 16.7. The number of fused-ring (bicyclic) bond motifs is 5. The molecule has 34 heavy (non-hydrogen) atoms. The van der Waals surface area contributed by atoms with E-state index in [9.17, 15) is 15.3 Å². The maximum absolute atomic E-state index is 14.1. The van der Waals surface area contributed by atoms with Gasteiger partial charge in [-0.2, -0.15) is 10.5 Å². The van der Waals surface area contributed by atoms with Gasteiger partial charge in [0.05, 0.1) is 24.1 Å². The van der Waals surface area contributed by atoms with Gasteiger partial charge in [-0.05, 0) is 28.3 Å². The zero-order valence-corrected chi connectivity index (χ0v) is 18.9. The molecule has 1 fully saturated rings. The Labute approximate surface area is 201 Å². The summed E-state index contributed by atoms with van der Waals surface area (Å²) in [5, 5.41) is 25.1. The van der Waals surface area contributed by atoms with E-state index in [0.717, 1.165) is 26.9 Å². The normalized spacial score (nSPS) is 21.9. The van der Waals surface area contributed by atoms with Crippen molar-refractivity contribution in [3.63, 3.8) is 0 Å². The Hall–Kier alpha value is -4.19. The smallest absolute Gasteiger partial charge is 0.185 e. The molecule has 162 valence electrons. The van der Waals surface area contributed by atoms with Crippen LogP contribution in [0.25, 0.3) is 16.8 Å². The van der Waals surface area contributed by atoms with Crippen molar-refractivity contribution < 1.29 is 4.79 Å². The van der Waals surface area contributed by atoms with Crippen molar-refractivity contribution in [1.29, 1.82) is 10.5 Å². The number of anilines is 1. The van der Waals surface area contributed by atoms with Gasteiger partial charge in [0.15, 0.2) is 11.2 Å². The number of rotatable bonds is 3. The second-order valence-corrected chi connectivity index (χ2v) is 9.67. The minimum atomic E-state index is -1.40. The summed E-state index contributed by atoms with van der Waals surface area (Å²) in [6.45, 7) is 0. The Morgan fingerprint density at radius 2 is 1.68 bits per heavy atom. The Kier molecular flexibility index (Phi) is 4.62. The quantitative estimate of drug-likeness (QED) is 0.344. The molecule has 0 amide bonds. The van der Waals surface area contributed by atoms with Crippen LogP contribution in [0.15, 0.2) is 90.3 Å². The summed E-state index contributed by atoms with van der Waals surface area (Å²) < 4.78 is 0. The summed E-state index contributed by atoms with van der Waals surface area (Å²) >= 11 is 1.49. The zero-order chi connectivity index (χ0) is 23.3. The van der Waals surface area contributed by atoms with Gasteiger partial charge in [-0.15, -0.1) is 11.3 Å². The molecule has 1 aromatic heterocycles. The average Bonchev–Trinajstić information content (AvgIpc) is 3.53. The molecule has 6 rings (SSSR count). The first kappa shape index (κ1) is 20.4. The number of benzene rings is 3. The van der Waals surface area contributed by atoms with Gasteiger partial charge in [0, 0.05) is 21.7 Å². The SMILES string of the molecule is N#CC1(C#N)[C@H](c2cccs2)[C@@H](C(=O)c2ccccc2)N2c3ccc4ccccc4c3C=C[C@H]21. The van der Waals surface area contributed by atoms with Crippen LogP contribution < -0.4 is 4.90 Å². The molecule has 0 saturated carbocycles. The van der Waals surface area contributed by atoms with Crippen LogP contribution in [0.3, 0.4) is 0 Å². The maximum Gasteiger partial charge on any atom is 0.185 e. The van der Waals surface area contributed by atoms with Crippen molar-refractivity contribution in [2.24, 2.45) is 5.41 Å². The van der Waals surface area contributed by atoms with Gasteiger partial charge in [-0.1, -0.05) is 78.9 Å². The highest BCUT2D eigenvalue weighted by atomic mass is 32.1. The molecule has 3 aromatic carbocycles. The minimum Gasteiger partial charge on any atom is -0.351 e. The average molecular weight is 458 g/mol. The maximum atomic E-state index is 14.1. The molecule has 0 bridgehead atoms. The second kappa shape index (κ2) is 7.70. The highest BCUT2D eigenvalue weighted by Crippen LogP contribution is 2.56. The lowest BCUT2D eigenvalue weighted by Crippen LogP contribution is -2.44. The zero-order valence-electron chi connectivity index (χ0n) is 18.1. The number of hydrogen-bond donors (Lipinski definition) is 0. The summed E-state index contributed by atoms with van der Waals surface area (Å²) in [7, 11) is 0. The predicted molar refractivity (Wildman–Crippen MR) is 135 cm³/mol. The van der Waals surface area contributed by atoms with E-state index in [1.54, 1.807) is 0 Å². The fourth-order valence-corrected chi connectivity index (χ4v) is 6.53. The summed E-state index contributed by atoms with van der Waals surface area (Å²) in [6, 6.07) is 28.8. The number of nitriles is 2. The highest BCUT2D eigenvalue weighted by Gasteiger charge is 2.63. The molecule has 3 atom stereocenters. The molecular formula is C29H19N3OS. The van der Waals surface area contributed by atoms with Crippen LogP contribution in [0.2, 0.25) is 0 Å².